The van der Waals surface area contributed by atoms with Crippen molar-refractivity contribution in [3.8, 4) is 0 Å². The van der Waals surface area contributed by atoms with Crippen LogP contribution in [-0.4, -0.2) is 46.3 Å². The number of amides is 2. The third-order valence-electron chi connectivity index (χ3n) is 5.71. The highest BCUT2D eigenvalue weighted by molar-refractivity contribution is 7.99. The Kier molecular flexibility index (Phi) is 9.11. The lowest BCUT2D eigenvalue weighted by atomic mass is 9.89. The Morgan fingerprint density at radius 3 is 2.34 bits per heavy atom. The maximum atomic E-state index is 13.2. The summed E-state index contributed by atoms with van der Waals surface area (Å²) in [5, 5.41) is 5.68. The number of aromatic nitrogens is 1. The minimum absolute atomic E-state index is 0.0175. The summed E-state index contributed by atoms with van der Waals surface area (Å²) in [7, 11) is 0. The number of hydrogen-bond acceptors (Lipinski definition) is 6. The quantitative estimate of drug-likeness (QED) is 0.546. The van der Waals surface area contributed by atoms with Crippen LogP contribution in [0.25, 0.3) is 0 Å². The summed E-state index contributed by atoms with van der Waals surface area (Å²) < 4.78 is 4.94. The number of hydrogen-bond donors (Lipinski definition) is 1. The van der Waals surface area contributed by atoms with E-state index in [1.165, 1.54) is 61.6 Å². The molecule has 0 radical (unpaired) electrons. The van der Waals surface area contributed by atoms with Crippen LogP contribution >= 0.6 is 23.1 Å². The van der Waals surface area contributed by atoms with Gasteiger partial charge < -0.3 is 9.64 Å². The lowest BCUT2D eigenvalue weighted by Gasteiger charge is -2.41. The Bertz CT molecular complexity index is 637. The number of carbonyl (C=O) groups is 2. The minimum atomic E-state index is -0.197. The fourth-order valence-electron chi connectivity index (χ4n) is 4.38. The average molecular weight is 440 g/mol. The average Bonchev–Trinajstić information content (AvgIpc) is 3.17. The number of thiazole rings is 1. The van der Waals surface area contributed by atoms with Crippen molar-refractivity contribution in [2.45, 2.75) is 89.0 Å². The van der Waals surface area contributed by atoms with Crippen LogP contribution in [-0.2, 0) is 15.3 Å². The first kappa shape index (κ1) is 22.4. The predicted molar refractivity (Wildman–Crippen MR) is 120 cm³/mol. The monoisotopic (exact) mass is 439 g/mol. The Balaban J connectivity index is 1.56. The molecule has 2 aliphatic carbocycles. The predicted octanol–water partition coefficient (Wildman–Crippen LogP) is 5.44. The van der Waals surface area contributed by atoms with Gasteiger partial charge in [-0.3, -0.25) is 10.1 Å². The number of ether oxygens (including phenoxy) is 1. The van der Waals surface area contributed by atoms with Crippen LogP contribution < -0.4 is 5.32 Å². The van der Waals surface area contributed by atoms with Gasteiger partial charge in [0.05, 0.1) is 18.1 Å². The maximum absolute atomic E-state index is 13.2. The standard InChI is InChI=1S/C21H33N3O3S2/c1-2-27-19(25)15-28-13-16-14-29-20(22-16)23-21(26)24(17-9-5-3-6-10-17)18-11-7-4-8-12-18/h14,17-18H,2-13,15H2,1H3,(H,22,23,26). The number of carbonyl (C=O) groups excluding carboxylic acids is 2. The second kappa shape index (κ2) is 11.8. The molecule has 0 bridgehead atoms. The van der Waals surface area contributed by atoms with Gasteiger partial charge in [-0.15, -0.1) is 23.1 Å². The molecule has 6 nitrogen and oxygen atoms in total. The van der Waals surface area contributed by atoms with E-state index in [-0.39, 0.29) is 12.0 Å². The van der Waals surface area contributed by atoms with Crippen LogP contribution in [0.15, 0.2) is 5.38 Å². The van der Waals surface area contributed by atoms with Gasteiger partial charge in [0.2, 0.25) is 0 Å². The summed E-state index contributed by atoms with van der Waals surface area (Å²) in [4.78, 5) is 31.4. The van der Waals surface area contributed by atoms with E-state index < -0.39 is 0 Å². The second-order valence-corrected chi connectivity index (χ2v) is 9.71. The topological polar surface area (TPSA) is 71.5 Å². The largest absolute Gasteiger partial charge is 0.465 e. The molecule has 1 heterocycles. The van der Waals surface area contributed by atoms with Gasteiger partial charge in [-0.1, -0.05) is 38.5 Å². The van der Waals surface area contributed by atoms with Crippen molar-refractivity contribution >= 4 is 40.2 Å². The summed E-state index contributed by atoms with van der Waals surface area (Å²) in [6.07, 6.45) is 12.0. The summed E-state index contributed by atoms with van der Waals surface area (Å²) >= 11 is 2.94. The van der Waals surface area contributed by atoms with E-state index in [1.54, 1.807) is 0 Å². The van der Waals surface area contributed by atoms with Crippen LogP contribution in [0.1, 0.15) is 76.8 Å². The molecule has 2 amide bonds. The molecule has 3 rings (SSSR count). The molecule has 0 unspecified atom stereocenters. The molecule has 0 aliphatic heterocycles. The summed E-state index contributed by atoms with van der Waals surface area (Å²) in [6, 6.07) is 0.752. The Morgan fingerprint density at radius 2 is 1.76 bits per heavy atom. The van der Waals surface area contributed by atoms with Crippen molar-refractivity contribution in [3.05, 3.63) is 11.1 Å². The molecular formula is C21H33N3O3S2. The highest BCUT2D eigenvalue weighted by Crippen LogP contribution is 2.31. The summed E-state index contributed by atoms with van der Waals surface area (Å²) in [5.41, 5.74) is 0.890. The van der Waals surface area contributed by atoms with Crippen LogP contribution in [0.3, 0.4) is 0 Å². The number of thioether (sulfide) groups is 1. The van der Waals surface area contributed by atoms with Crippen molar-refractivity contribution in [2.24, 2.45) is 0 Å². The molecule has 162 valence electrons. The molecule has 2 aliphatic rings. The van der Waals surface area contributed by atoms with Crippen molar-refractivity contribution in [3.63, 3.8) is 0 Å². The third-order valence-corrected chi connectivity index (χ3v) is 7.46. The summed E-state index contributed by atoms with van der Waals surface area (Å²) in [5.74, 6) is 0.765. The van der Waals surface area contributed by atoms with Gasteiger partial charge in [0.25, 0.3) is 0 Å². The molecule has 8 heteroatoms. The van der Waals surface area contributed by atoms with E-state index in [9.17, 15) is 9.59 Å². The Labute approximate surface area is 182 Å². The first-order chi connectivity index (χ1) is 14.2. The van der Waals surface area contributed by atoms with Gasteiger partial charge in [-0.2, -0.15) is 0 Å². The zero-order valence-corrected chi connectivity index (χ0v) is 19.0. The molecule has 1 aromatic heterocycles. The van der Waals surface area contributed by atoms with Gasteiger partial charge in [-0.05, 0) is 32.6 Å². The number of nitrogens with one attached hydrogen (secondary N) is 1. The van der Waals surface area contributed by atoms with E-state index in [2.05, 4.69) is 15.2 Å². The number of rotatable bonds is 8. The van der Waals surface area contributed by atoms with Crippen molar-refractivity contribution in [1.82, 2.24) is 9.88 Å². The van der Waals surface area contributed by atoms with Crippen LogP contribution in [0.4, 0.5) is 9.93 Å². The maximum Gasteiger partial charge on any atom is 0.324 e. The molecule has 0 aromatic carbocycles. The molecule has 0 spiro atoms. The van der Waals surface area contributed by atoms with Gasteiger partial charge in [-0.25, -0.2) is 9.78 Å². The van der Waals surface area contributed by atoms with E-state index in [1.807, 2.05) is 12.3 Å². The van der Waals surface area contributed by atoms with Crippen molar-refractivity contribution in [2.75, 3.05) is 17.7 Å². The lowest BCUT2D eigenvalue weighted by Crippen LogP contribution is -2.50. The zero-order chi connectivity index (χ0) is 20.5. The third kappa shape index (κ3) is 6.88. The number of anilines is 1. The van der Waals surface area contributed by atoms with E-state index in [0.29, 0.717) is 35.3 Å². The van der Waals surface area contributed by atoms with Crippen molar-refractivity contribution < 1.29 is 14.3 Å². The summed E-state index contributed by atoms with van der Waals surface area (Å²) in [6.45, 7) is 2.21. The Hall–Kier alpha value is -1.28. The molecule has 2 fully saturated rings. The van der Waals surface area contributed by atoms with Gasteiger partial charge >= 0.3 is 12.0 Å². The fraction of sp³-hybridized carbons (Fsp3) is 0.762. The number of esters is 1. The number of urea groups is 1. The molecular weight excluding hydrogens is 406 g/mol. The Morgan fingerprint density at radius 1 is 1.14 bits per heavy atom. The first-order valence-electron chi connectivity index (χ1n) is 10.9. The van der Waals surface area contributed by atoms with Crippen molar-refractivity contribution in [1.29, 1.82) is 0 Å². The smallest absolute Gasteiger partial charge is 0.324 e. The lowest BCUT2D eigenvalue weighted by molar-refractivity contribution is -0.139. The molecule has 1 aromatic rings. The molecule has 29 heavy (non-hydrogen) atoms. The van der Waals surface area contributed by atoms with E-state index in [4.69, 9.17) is 4.74 Å². The van der Waals surface area contributed by atoms with Gasteiger partial charge in [0.15, 0.2) is 5.13 Å². The van der Waals surface area contributed by atoms with Gasteiger partial charge in [0, 0.05) is 23.2 Å². The van der Waals surface area contributed by atoms with Crippen LogP contribution in [0, 0.1) is 0 Å². The SMILES string of the molecule is CCOC(=O)CSCc1csc(NC(=O)N(C2CCCCC2)C2CCCCC2)n1. The fourth-order valence-corrected chi connectivity index (χ4v) is 5.89. The molecule has 0 saturated heterocycles. The van der Waals surface area contributed by atoms with Gasteiger partial charge in [0.1, 0.15) is 0 Å². The molecule has 2 saturated carbocycles. The second-order valence-electron chi connectivity index (χ2n) is 7.86. The molecule has 0 atom stereocenters. The minimum Gasteiger partial charge on any atom is -0.465 e. The first-order valence-corrected chi connectivity index (χ1v) is 13.0. The van der Waals surface area contributed by atoms with E-state index >= 15 is 0 Å². The number of nitrogens with zero attached hydrogens (tertiary/aromatic N) is 2. The highest BCUT2D eigenvalue weighted by Gasteiger charge is 2.32. The zero-order valence-electron chi connectivity index (χ0n) is 17.4. The van der Waals surface area contributed by atoms with E-state index in [0.717, 1.165) is 31.4 Å². The normalized spacial score (nSPS) is 18.4. The van der Waals surface area contributed by atoms with Crippen LogP contribution in [0.2, 0.25) is 0 Å². The molecule has 1 N–H and O–H groups in total. The highest BCUT2D eigenvalue weighted by atomic mass is 32.2. The van der Waals surface area contributed by atoms with Crippen LogP contribution in [0.5, 0.6) is 0 Å².